The van der Waals surface area contributed by atoms with Crippen molar-refractivity contribution in [1.29, 1.82) is 0 Å². The van der Waals surface area contributed by atoms with Crippen molar-refractivity contribution in [3.8, 4) is 0 Å². The molecule has 0 atom stereocenters. The van der Waals surface area contributed by atoms with Gasteiger partial charge >= 0.3 is 0 Å². The van der Waals surface area contributed by atoms with Gasteiger partial charge in [0, 0.05) is 42.3 Å². The molecule has 10 heteroatoms. The lowest BCUT2D eigenvalue weighted by atomic mass is 10.0. The summed E-state index contributed by atoms with van der Waals surface area (Å²) in [5, 5.41) is 14.3. The number of benzene rings is 1. The Morgan fingerprint density at radius 1 is 1.08 bits per heavy atom. The van der Waals surface area contributed by atoms with Gasteiger partial charge in [0.1, 0.15) is 17.8 Å². The fourth-order valence-electron chi connectivity index (χ4n) is 4.82. The molecule has 0 radical (unpaired) electrons. The minimum atomic E-state index is -0.214. The molecule has 1 fully saturated rings. The maximum atomic E-state index is 12.6. The third kappa shape index (κ3) is 4.49. The number of anilines is 3. The summed E-state index contributed by atoms with van der Waals surface area (Å²) in [7, 11) is 0. The summed E-state index contributed by atoms with van der Waals surface area (Å²) in [5.41, 5.74) is 3.07. The quantitative estimate of drug-likeness (QED) is 0.382. The molecule has 6 rings (SSSR count). The molecule has 2 aliphatic heterocycles. The van der Waals surface area contributed by atoms with Gasteiger partial charge in [-0.05, 0) is 62.4 Å². The summed E-state index contributed by atoms with van der Waals surface area (Å²) in [6.45, 7) is 3.99. The number of piperidine rings is 1. The van der Waals surface area contributed by atoms with Gasteiger partial charge in [-0.15, -0.1) is 0 Å². The predicted molar refractivity (Wildman–Crippen MR) is 145 cm³/mol. The number of allylic oxidation sites excluding steroid dienone is 1. The second kappa shape index (κ2) is 9.73. The first kappa shape index (κ1) is 22.7. The first-order valence-corrected chi connectivity index (χ1v) is 12.4. The fraction of sp³-hybridized carbons (Fsp3) is 0.222. The Labute approximate surface area is 214 Å². The Bertz CT molecular complexity index is 1470. The first-order chi connectivity index (χ1) is 18.2. The molecule has 37 heavy (non-hydrogen) atoms. The zero-order valence-electron chi connectivity index (χ0n) is 20.4. The number of amidine groups is 1. The zero-order chi connectivity index (χ0) is 25.2. The van der Waals surface area contributed by atoms with Crippen LogP contribution in [0.25, 0.3) is 11.0 Å². The smallest absolute Gasteiger partial charge is 0.256 e. The average molecular weight is 494 g/mol. The standard InChI is InChI=1S/C27H27N9O/c1-2-13-35-14-10-20(11-15-35)36-26-23-21(16-29-25(23)30-17-31-26)24(34-36)32-19-8-6-18(7-9-19)27(37)33-22-5-3-4-12-28-22/h2-9,12-13,16-17,20H,10-11,14-15H2,1H3,(H,32,34)(H,28,33,37)(H,29,30,31). The summed E-state index contributed by atoms with van der Waals surface area (Å²) in [6.07, 6.45) is 11.3. The average Bonchev–Trinajstić information content (AvgIpc) is 3.38. The van der Waals surface area contributed by atoms with E-state index in [1.54, 1.807) is 36.8 Å². The lowest BCUT2D eigenvalue weighted by molar-refractivity contribution is 0.102. The second-order valence-electron chi connectivity index (χ2n) is 9.04. The van der Waals surface area contributed by atoms with E-state index in [0.29, 0.717) is 11.4 Å². The molecule has 3 N–H and O–H groups in total. The first-order valence-electron chi connectivity index (χ1n) is 12.4. The van der Waals surface area contributed by atoms with Crippen LogP contribution in [0.2, 0.25) is 0 Å². The van der Waals surface area contributed by atoms with Crippen LogP contribution >= 0.6 is 0 Å². The number of likely N-dealkylation sites (tertiary alicyclic amines) is 1. The van der Waals surface area contributed by atoms with Crippen LogP contribution in [-0.2, 0) is 0 Å². The van der Waals surface area contributed by atoms with Gasteiger partial charge < -0.3 is 20.5 Å². The molecule has 2 aliphatic rings. The number of hydrogen-bond acceptors (Lipinski definition) is 8. The number of pyridine rings is 1. The van der Waals surface area contributed by atoms with Crippen molar-refractivity contribution in [3.63, 3.8) is 0 Å². The Balaban J connectivity index is 1.24. The number of rotatable bonds is 5. The largest absolute Gasteiger partial charge is 0.378 e. The molecule has 1 saturated heterocycles. The molecule has 1 aromatic carbocycles. The number of amides is 1. The van der Waals surface area contributed by atoms with Crippen LogP contribution in [0.3, 0.4) is 0 Å². The van der Waals surface area contributed by atoms with Gasteiger partial charge in [-0.25, -0.2) is 20.0 Å². The fourth-order valence-corrected chi connectivity index (χ4v) is 4.82. The summed E-state index contributed by atoms with van der Waals surface area (Å²) < 4.78 is 0. The van der Waals surface area contributed by atoms with Gasteiger partial charge in [0.15, 0.2) is 11.7 Å². The number of nitrogens with one attached hydrogen (secondary N) is 3. The number of hydrogen-bond donors (Lipinski definition) is 3. The van der Waals surface area contributed by atoms with Gasteiger partial charge in [0.05, 0.1) is 11.4 Å². The Morgan fingerprint density at radius 2 is 1.92 bits per heavy atom. The molecular weight excluding hydrogens is 466 g/mol. The molecule has 0 saturated carbocycles. The molecule has 5 heterocycles. The van der Waals surface area contributed by atoms with Crippen molar-refractivity contribution >= 4 is 40.1 Å². The number of hydrazone groups is 1. The molecular formula is C27H27N9O. The summed E-state index contributed by atoms with van der Waals surface area (Å²) in [5.74, 6) is 1.85. The summed E-state index contributed by atoms with van der Waals surface area (Å²) in [6, 6.07) is 12.9. The van der Waals surface area contributed by atoms with Crippen molar-refractivity contribution < 1.29 is 4.79 Å². The van der Waals surface area contributed by atoms with E-state index in [-0.39, 0.29) is 11.9 Å². The highest BCUT2D eigenvalue weighted by Crippen LogP contribution is 2.35. The molecule has 1 amide bonds. The number of aromatic nitrogens is 4. The third-order valence-electron chi connectivity index (χ3n) is 6.65. The van der Waals surface area contributed by atoms with Crippen molar-refractivity contribution in [2.75, 3.05) is 28.7 Å². The molecule has 186 valence electrons. The molecule has 0 aliphatic carbocycles. The molecule has 3 aromatic heterocycles. The highest BCUT2D eigenvalue weighted by Gasteiger charge is 2.31. The van der Waals surface area contributed by atoms with Crippen LogP contribution in [0.5, 0.6) is 0 Å². The zero-order valence-corrected chi connectivity index (χ0v) is 20.4. The highest BCUT2D eigenvalue weighted by atomic mass is 16.1. The second-order valence-corrected chi connectivity index (χ2v) is 9.04. The monoisotopic (exact) mass is 493 g/mol. The van der Waals surface area contributed by atoms with E-state index in [1.807, 2.05) is 31.3 Å². The number of carbonyl (C=O) groups excluding carboxylic acids is 1. The van der Waals surface area contributed by atoms with Crippen LogP contribution in [0, 0.1) is 0 Å². The maximum absolute atomic E-state index is 12.6. The van der Waals surface area contributed by atoms with Crippen LogP contribution in [0.15, 0.2) is 78.6 Å². The SMILES string of the molecule is CC=CN1CCC(N2N=C(Nc3ccc(C(=O)Nc4ccccn4)cc3)c3c[nH]c4ncnc2c34)CC1. The molecule has 0 spiro atoms. The normalized spacial score (nSPS) is 15.8. The minimum Gasteiger partial charge on any atom is -0.378 e. The van der Waals surface area contributed by atoms with Crippen molar-refractivity contribution in [1.82, 2.24) is 24.8 Å². The Kier molecular flexibility index (Phi) is 5.97. The minimum absolute atomic E-state index is 0.214. The van der Waals surface area contributed by atoms with Crippen molar-refractivity contribution in [2.45, 2.75) is 25.8 Å². The molecule has 10 nitrogen and oxygen atoms in total. The molecule has 0 bridgehead atoms. The molecule has 4 aromatic rings. The number of carbonyl (C=O) groups is 1. The topological polar surface area (TPSA) is 114 Å². The molecule has 0 unspecified atom stereocenters. The van der Waals surface area contributed by atoms with Gasteiger partial charge in [-0.2, -0.15) is 5.10 Å². The lowest BCUT2D eigenvalue weighted by Crippen LogP contribution is -2.43. The Hall–Kier alpha value is -4.73. The van der Waals surface area contributed by atoms with Crippen LogP contribution in [0.4, 0.5) is 17.3 Å². The van der Waals surface area contributed by atoms with E-state index in [0.717, 1.165) is 59.9 Å². The van der Waals surface area contributed by atoms with Gasteiger partial charge in [0.25, 0.3) is 5.91 Å². The van der Waals surface area contributed by atoms with Crippen LogP contribution < -0.4 is 15.6 Å². The van der Waals surface area contributed by atoms with E-state index >= 15 is 0 Å². The van der Waals surface area contributed by atoms with Crippen molar-refractivity contribution in [3.05, 3.63) is 84.6 Å². The van der Waals surface area contributed by atoms with E-state index in [9.17, 15) is 4.79 Å². The predicted octanol–water partition coefficient (Wildman–Crippen LogP) is 4.20. The summed E-state index contributed by atoms with van der Waals surface area (Å²) >= 11 is 0. The van der Waals surface area contributed by atoms with Crippen LogP contribution in [0.1, 0.15) is 35.7 Å². The van der Waals surface area contributed by atoms with Crippen LogP contribution in [-0.4, -0.2) is 55.7 Å². The van der Waals surface area contributed by atoms with Gasteiger partial charge in [-0.1, -0.05) is 12.1 Å². The Morgan fingerprint density at radius 3 is 2.68 bits per heavy atom. The highest BCUT2D eigenvalue weighted by molar-refractivity contribution is 6.19. The third-order valence-corrected chi connectivity index (χ3v) is 6.65. The number of H-pyrrole nitrogens is 1. The van der Waals surface area contributed by atoms with Gasteiger partial charge in [0.2, 0.25) is 0 Å². The van der Waals surface area contributed by atoms with E-state index in [4.69, 9.17) is 5.10 Å². The number of nitrogens with zero attached hydrogens (tertiary/aromatic N) is 6. The van der Waals surface area contributed by atoms with E-state index in [2.05, 4.69) is 52.8 Å². The van der Waals surface area contributed by atoms with E-state index in [1.165, 1.54) is 0 Å². The van der Waals surface area contributed by atoms with Gasteiger partial charge in [-0.3, -0.25) is 4.79 Å². The maximum Gasteiger partial charge on any atom is 0.256 e. The van der Waals surface area contributed by atoms with Crippen molar-refractivity contribution in [2.24, 2.45) is 5.10 Å². The number of aromatic amines is 1. The lowest BCUT2D eigenvalue weighted by Gasteiger charge is -2.37. The van der Waals surface area contributed by atoms with E-state index < -0.39 is 0 Å². The summed E-state index contributed by atoms with van der Waals surface area (Å²) in [4.78, 5) is 31.4.